The minimum Gasteiger partial charge on any atom is -0.493 e. The molecule has 0 saturated heterocycles. The molecule has 0 spiro atoms. The maximum atomic E-state index is 12.8. The van der Waals surface area contributed by atoms with Crippen LogP contribution in [0.25, 0.3) is 21.9 Å². The Morgan fingerprint density at radius 1 is 0.912 bits per heavy atom. The molecule has 1 N–H and O–H groups in total. The van der Waals surface area contributed by atoms with E-state index < -0.39 is 17.6 Å². The predicted molar refractivity (Wildman–Crippen MR) is 123 cm³/mol. The van der Waals surface area contributed by atoms with E-state index in [1.54, 1.807) is 26.6 Å². The number of methoxy groups -OCH3 is 2. The van der Waals surface area contributed by atoms with Gasteiger partial charge in [-0.2, -0.15) is 13.2 Å². The molecule has 0 radical (unpaired) electrons. The number of hydrogen-bond acceptors (Lipinski definition) is 4. The van der Waals surface area contributed by atoms with Crippen LogP contribution in [0, 0.1) is 0 Å². The molecule has 0 saturated carbocycles. The molecule has 1 aromatic heterocycles. The topological polar surface area (TPSA) is 60.5 Å². The number of alkyl halides is 3. The van der Waals surface area contributed by atoms with E-state index in [1.807, 2.05) is 36.4 Å². The minimum atomic E-state index is -4.45. The first-order valence-electron chi connectivity index (χ1n) is 10.4. The summed E-state index contributed by atoms with van der Waals surface area (Å²) in [5.41, 5.74) is 2.06. The largest absolute Gasteiger partial charge is 0.493 e. The van der Waals surface area contributed by atoms with E-state index in [1.165, 1.54) is 0 Å². The third-order valence-corrected chi connectivity index (χ3v) is 5.52. The summed E-state index contributed by atoms with van der Waals surface area (Å²) in [5.74, 6) is 0.768. The Bertz CT molecular complexity index is 1340. The summed E-state index contributed by atoms with van der Waals surface area (Å²) >= 11 is 0. The third-order valence-electron chi connectivity index (χ3n) is 5.52. The number of nitrogens with zero attached hydrogens (tertiary/aromatic N) is 1. The lowest BCUT2D eigenvalue weighted by atomic mass is 9.96. The van der Waals surface area contributed by atoms with Crippen LogP contribution in [0.5, 0.6) is 11.5 Å². The summed E-state index contributed by atoms with van der Waals surface area (Å²) < 4.78 is 49.0. The lowest BCUT2D eigenvalue weighted by Crippen LogP contribution is -2.23. The number of ether oxygens (including phenoxy) is 2. The zero-order valence-electron chi connectivity index (χ0n) is 18.4. The molecule has 174 valence electrons. The van der Waals surface area contributed by atoms with E-state index in [-0.39, 0.29) is 12.1 Å². The Kier molecular flexibility index (Phi) is 6.40. The highest BCUT2D eigenvalue weighted by atomic mass is 19.4. The van der Waals surface area contributed by atoms with Gasteiger partial charge in [0.1, 0.15) is 0 Å². The van der Waals surface area contributed by atoms with Gasteiger partial charge in [-0.15, -0.1) is 0 Å². The first-order valence-corrected chi connectivity index (χ1v) is 10.4. The van der Waals surface area contributed by atoms with Crippen LogP contribution in [-0.2, 0) is 12.7 Å². The predicted octanol–water partition coefficient (Wildman–Crippen LogP) is 5.87. The van der Waals surface area contributed by atoms with E-state index in [9.17, 15) is 18.0 Å². The molecule has 0 bridgehead atoms. The lowest BCUT2D eigenvalue weighted by Gasteiger charge is -2.14. The molecule has 0 aliphatic carbocycles. The van der Waals surface area contributed by atoms with Gasteiger partial charge in [-0.05, 0) is 64.5 Å². The zero-order valence-corrected chi connectivity index (χ0v) is 18.4. The van der Waals surface area contributed by atoms with E-state index in [4.69, 9.17) is 9.47 Å². The molecule has 0 aliphatic heterocycles. The fraction of sp³-hybridized carbons (Fsp3) is 0.154. The normalized spacial score (nSPS) is 11.3. The average Bonchev–Trinajstić information content (AvgIpc) is 2.86. The number of nitrogens with one attached hydrogen (secondary N) is 1. The molecule has 0 aliphatic rings. The van der Waals surface area contributed by atoms with Crippen LogP contribution < -0.4 is 14.8 Å². The van der Waals surface area contributed by atoms with Crippen molar-refractivity contribution in [3.63, 3.8) is 0 Å². The van der Waals surface area contributed by atoms with Gasteiger partial charge in [0.15, 0.2) is 11.5 Å². The number of halogens is 3. The van der Waals surface area contributed by atoms with Crippen LogP contribution in [-0.4, -0.2) is 25.1 Å². The number of rotatable bonds is 6. The van der Waals surface area contributed by atoms with Crippen LogP contribution in [0.15, 0.2) is 73.1 Å². The van der Waals surface area contributed by atoms with Gasteiger partial charge in [0.05, 0.1) is 19.8 Å². The van der Waals surface area contributed by atoms with Gasteiger partial charge in [-0.25, -0.2) is 0 Å². The van der Waals surface area contributed by atoms with Crippen molar-refractivity contribution in [3.8, 4) is 22.6 Å². The summed E-state index contributed by atoms with van der Waals surface area (Å²) in [6.07, 6.45) is -1.03. The van der Waals surface area contributed by atoms with Gasteiger partial charge < -0.3 is 14.8 Å². The van der Waals surface area contributed by atoms with Gasteiger partial charge in [-0.3, -0.25) is 9.78 Å². The molecule has 5 nitrogen and oxygen atoms in total. The maximum absolute atomic E-state index is 12.8. The van der Waals surface area contributed by atoms with Crippen LogP contribution in [0.2, 0.25) is 0 Å². The number of amides is 1. The Morgan fingerprint density at radius 2 is 1.65 bits per heavy atom. The van der Waals surface area contributed by atoms with Crippen molar-refractivity contribution in [1.82, 2.24) is 10.3 Å². The van der Waals surface area contributed by atoms with Crippen molar-refractivity contribution >= 4 is 16.7 Å². The molecular weight excluding hydrogens is 445 g/mol. The van der Waals surface area contributed by atoms with Crippen LogP contribution >= 0.6 is 0 Å². The van der Waals surface area contributed by atoms with Crippen molar-refractivity contribution in [2.45, 2.75) is 12.7 Å². The second-order valence-corrected chi connectivity index (χ2v) is 7.52. The number of benzene rings is 3. The molecule has 0 atom stereocenters. The summed E-state index contributed by atoms with van der Waals surface area (Å²) in [6.45, 7) is 0.189. The number of carbonyl (C=O) groups is 1. The van der Waals surface area contributed by atoms with E-state index in [0.29, 0.717) is 11.5 Å². The molecule has 0 unspecified atom stereocenters. The molecule has 4 aromatic rings. The van der Waals surface area contributed by atoms with Gasteiger partial charge >= 0.3 is 6.18 Å². The second kappa shape index (κ2) is 9.43. The van der Waals surface area contributed by atoms with Gasteiger partial charge in [0.25, 0.3) is 5.91 Å². The zero-order chi connectivity index (χ0) is 24.3. The molecule has 3 aromatic carbocycles. The molecule has 4 rings (SSSR count). The van der Waals surface area contributed by atoms with Gasteiger partial charge in [0.2, 0.25) is 0 Å². The highest BCUT2D eigenvalue weighted by Crippen LogP contribution is 2.36. The fourth-order valence-electron chi connectivity index (χ4n) is 3.75. The number of pyridine rings is 1. The monoisotopic (exact) mass is 466 g/mol. The highest BCUT2D eigenvalue weighted by Gasteiger charge is 2.30. The quantitative estimate of drug-likeness (QED) is 0.386. The summed E-state index contributed by atoms with van der Waals surface area (Å²) in [4.78, 5) is 16.7. The summed E-state index contributed by atoms with van der Waals surface area (Å²) in [7, 11) is 3.15. The molecule has 1 amide bonds. The van der Waals surface area contributed by atoms with Crippen LogP contribution in [0.4, 0.5) is 13.2 Å². The Balaban J connectivity index is 1.60. The minimum absolute atomic E-state index is 0.150. The average molecular weight is 466 g/mol. The van der Waals surface area contributed by atoms with Crippen LogP contribution in [0.3, 0.4) is 0 Å². The highest BCUT2D eigenvalue weighted by molar-refractivity contribution is 5.99. The van der Waals surface area contributed by atoms with Gasteiger partial charge in [0, 0.05) is 29.9 Å². The number of aromatic nitrogens is 1. The summed E-state index contributed by atoms with van der Waals surface area (Å²) in [5, 5.41) is 4.56. The fourth-order valence-corrected chi connectivity index (χ4v) is 3.75. The van der Waals surface area contributed by atoms with Crippen molar-refractivity contribution in [1.29, 1.82) is 0 Å². The second-order valence-electron chi connectivity index (χ2n) is 7.52. The van der Waals surface area contributed by atoms with E-state index in [2.05, 4.69) is 10.3 Å². The van der Waals surface area contributed by atoms with E-state index >= 15 is 0 Å². The SMILES string of the molecule is COc1ccc(-c2ccc(CNC(=O)c3ccc(C(F)(F)F)cc3)c3cnccc23)cc1OC. The number of hydrogen-bond donors (Lipinski definition) is 1. The summed E-state index contributed by atoms with van der Waals surface area (Å²) in [6, 6.07) is 15.5. The Hall–Kier alpha value is -4.07. The smallest absolute Gasteiger partial charge is 0.416 e. The molecule has 8 heteroatoms. The standard InChI is InChI=1S/C26H21F3N2O3/c1-33-23-10-6-17(13-24(23)34-2)20-9-5-18(22-15-30-12-11-21(20)22)14-31-25(32)16-3-7-19(8-4-16)26(27,28)29/h3-13,15H,14H2,1-2H3,(H,31,32). The van der Waals surface area contributed by atoms with Crippen LogP contribution in [0.1, 0.15) is 21.5 Å². The van der Waals surface area contributed by atoms with Gasteiger partial charge in [-0.1, -0.05) is 18.2 Å². The van der Waals surface area contributed by atoms with Crippen molar-refractivity contribution in [2.75, 3.05) is 14.2 Å². The first-order chi connectivity index (χ1) is 16.3. The van der Waals surface area contributed by atoms with Crippen molar-refractivity contribution in [2.24, 2.45) is 0 Å². The third kappa shape index (κ3) is 4.66. The number of carbonyl (C=O) groups excluding carboxylic acids is 1. The van der Waals surface area contributed by atoms with Crippen molar-refractivity contribution < 1.29 is 27.4 Å². The molecular formula is C26H21F3N2O3. The Labute approximate surface area is 194 Å². The first kappa shape index (κ1) is 23.1. The maximum Gasteiger partial charge on any atom is 0.416 e. The molecule has 0 fully saturated rings. The molecule has 34 heavy (non-hydrogen) atoms. The van der Waals surface area contributed by atoms with E-state index in [0.717, 1.165) is 51.7 Å². The van der Waals surface area contributed by atoms with Crippen molar-refractivity contribution in [3.05, 3.63) is 89.7 Å². The lowest BCUT2D eigenvalue weighted by molar-refractivity contribution is -0.137. The Morgan fingerprint density at radius 3 is 2.32 bits per heavy atom. The molecule has 1 heterocycles. The number of fused-ring (bicyclic) bond motifs is 1.